The fourth-order valence-electron chi connectivity index (χ4n) is 6.48. The molecule has 3 atom stereocenters. The standard InChI is InChI=1S/C26H52O3.C18H36O2/c1-4-6-8-16-20-24(3)29-26(28)23-19-15-13-11-10-12-14-18-22-25(27)21-17-9-7-5-2;1-2-3-4-12-15-18(20)16-13-10-8-6-5-7-9-11-14-17-19/h24-25,27H,4-23H2,1-3H3;17-18,20H,2-16H2,1H3. The second-order valence-corrected chi connectivity index (χ2v) is 15.1. The van der Waals surface area contributed by atoms with Gasteiger partial charge < -0.3 is 19.7 Å². The second kappa shape index (κ2) is 43.2. The molecule has 3 unspecified atom stereocenters. The van der Waals surface area contributed by atoms with Crippen LogP contribution in [-0.4, -0.2) is 40.8 Å². The quantitative estimate of drug-likeness (QED) is 0.0381. The molecule has 5 nitrogen and oxygen atoms in total. The summed E-state index contributed by atoms with van der Waals surface area (Å²) in [6, 6.07) is 0. The van der Waals surface area contributed by atoms with E-state index in [4.69, 9.17) is 4.74 Å². The Bertz CT molecular complexity index is 639. The fraction of sp³-hybridized carbons (Fsp3) is 0.955. The minimum atomic E-state index is -0.0781. The number of unbranched alkanes of at least 4 members (excludes halogenated alkanes) is 24. The summed E-state index contributed by atoms with van der Waals surface area (Å²) < 4.78 is 5.50. The van der Waals surface area contributed by atoms with Gasteiger partial charge in [-0.05, 0) is 58.3 Å². The average molecular weight is 697 g/mol. The van der Waals surface area contributed by atoms with E-state index in [0.29, 0.717) is 6.42 Å². The third-order valence-corrected chi connectivity index (χ3v) is 9.86. The minimum absolute atomic E-state index is 0.0127. The van der Waals surface area contributed by atoms with Crippen molar-refractivity contribution in [3.63, 3.8) is 0 Å². The van der Waals surface area contributed by atoms with Gasteiger partial charge in [-0.1, -0.05) is 181 Å². The zero-order valence-corrected chi connectivity index (χ0v) is 33.7. The first-order valence-electron chi connectivity index (χ1n) is 21.9. The summed E-state index contributed by atoms with van der Waals surface area (Å²) in [7, 11) is 0. The molecular weight excluding hydrogens is 608 g/mol. The van der Waals surface area contributed by atoms with Crippen molar-refractivity contribution in [1.82, 2.24) is 0 Å². The Labute approximate surface area is 306 Å². The number of hydrogen-bond donors (Lipinski definition) is 2. The summed E-state index contributed by atoms with van der Waals surface area (Å²) in [5, 5.41) is 19.8. The molecule has 0 aliphatic carbocycles. The van der Waals surface area contributed by atoms with Gasteiger partial charge in [0.1, 0.15) is 6.29 Å². The van der Waals surface area contributed by atoms with Gasteiger partial charge in [0, 0.05) is 12.8 Å². The van der Waals surface area contributed by atoms with Gasteiger partial charge in [-0.3, -0.25) is 4.79 Å². The summed E-state index contributed by atoms with van der Waals surface area (Å²) in [6.07, 6.45) is 41.7. The first-order valence-corrected chi connectivity index (χ1v) is 21.9. The fourth-order valence-corrected chi connectivity index (χ4v) is 6.48. The molecule has 0 aliphatic rings. The van der Waals surface area contributed by atoms with Crippen LogP contribution in [0.3, 0.4) is 0 Å². The molecular formula is C44H88O5. The van der Waals surface area contributed by atoms with Crippen molar-refractivity contribution in [2.24, 2.45) is 0 Å². The summed E-state index contributed by atoms with van der Waals surface area (Å²) in [4.78, 5) is 22.0. The lowest BCUT2D eigenvalue weighted by atomic mass is 10.0. The summed E-state index contributed by atoms with van der Waals surface area (Å²) in [5.41, 5.74) is 0. The number of aldehydes is 1. The molecule has 0 heterocycles. The number of aliphatic hydroxyl groups is 2. The third kappa shape index (κ3) is 45.0. The highest BCUT2D eigenvalue weighted by atomic mass is 16.5. The maximum absolute atomic E-state index is 11.9. The minimum Gasteiger partial charge on any atom is -0.463 e. The van der Waals surface area contributed by atoms with Gasteiger partial charge in [-0.2, -0.15) is 0 Å². The highest BCUT2D eigenvalue weighted by Crippen LogP contribution is 2.16. The zero-order chi connectivity index (χ0) is 36.5. The molecule has 0 aliphatic heterocycles. The molecule has 2 N–H and O–H groups in total. The van der Waals surface area contributed by atoms with E-state index < -0.39 is 0 Å². The van der Waals surface area contributed by atoms with E-state index in [1.165, 1.54) is 154 Å². The normalized spacial score (nSPS) is 13.0. The molecule has 5 heteroatoms. The molecule has 0 saturated carbocycles. The molecule has 0 aromatic rings. The molecule has 0 spiro atoms. The smallest absolute Gasteiger partial charge is 0.306 e. The Morgan fingerprint density at radius 3 is 1.14 bits per heavy atom. The third-order valence-electron chi connectivity index (χ3n) is 9.86. The molecule has 0 fully saturated rings. The number of hydrogen-bond acceptors (Lipinski definition) is 5. The van der Waals surface area contributed by atoms with Crippen LogP contribution in [0.4, 0.5) is 0 Å². The van der Waals surface area contributed by atoms with Crippen molar-refractivity contribution in [2.45, 2.75) is 271 Å². The first kappa shape index (κ1) is 50.2. The number of carbonyl (C=O) groups excluding carboxylic acids is 2. The predicted molar refractivity (Wildman–Crippen MR) is 212 cm³/mol. The lowest BCUT2D eigenvalue weighted by Gasteiger charge is -2.13. The van der Waals surface area contributed by atoms with Gasteiger partial charge in [0.25, 0.3) is 0 Å². The van der Waals surface area contributed by atoms with Crippen LogP contribution in [0.1, 0.15) is 252 Å². The van der Waals surface area contributed by atoms with Crippen molar-refractivity contribution < 1.29 is 24.5 Å². The maximum Gasteiger partial charge on any atom is 0.306 e. The monoisotopic (exact) mass is 697 g/mol. The van der Waals surface area contributed by atoms with E-state index in [9.17, 15) is 19.8 Å². The maximum atomic E-state index is 11.9. The Hall–Kier alpha value is -0.940. The number of rotatable bonds is 38. The molecule has 0 amide bonds. The zero-order valence-electron chi connectivity index (χ0n) is 33.7. The Balaban J connectivity index is 0. The van der Waals surface area contributed by atoms with Gasteiger partial charge >= 0.3 is 5.97 Å². The molecule has 0 aromatic heterocycles. The van der Waals surface area contributed by atoms with Crippen LogP contribution < -0.4 is 0 Å². The lowest BCUT2D eigenvalue weighted by molar-refractivity contribution is -0.148. The van der Waals surface area contributed by atoms with E-state index in [1.54, 1.807) is 0 Å². The summed E-state index contributed by atoms with van der Waals surface area (Å²) >= 11 is 0. The van der Waals surface area contributed by atoms with Crippen molar-refractivity contribution in [2.75, 3.05) is 0 Å². The topological polar surface area (TPSA) is 83.8 Å². The highest BCUT2D eigenvalue weighted by Gasteiger charge is 2.09. The van der Waals surface area contributed by atoms with Crippen molar-refractivity contribution in [3.8, 4) is 0 Å². The van der Waals surface area contributed by atoms with E-state index in [-0.39, 0.29) is 24.3 Å². The van der Waals surface area contributed by atoms with Crippen LogP contribution in [0, 0.1) is 0 Å². The SMILES string of the molecule is CCCCCCC(O)CCCCCCCCCCC(=O)OC(C)CCCCCC.CCCCCCC(O)CCCCCCCCCCC=O. The van der Waals surface area contributed by atoms with Crippen LogP contribution in [-0.2, 0) is 14.3 Å². The van der Waals surface area contributed by atoms with Crippen molar-refractivity contribution in [1.29, 1.82) is 0 Å². The van der Waals surface area contributed by atoms with Crippen LogP contribution in [0.15, 0.2) is 0 Å². The number of esters is 1. The van der Waals surface area contributed by atoms with Gasteiger partial charge in [-0.15, -0.1) is 0 Å². The number of carbonyl (C=O) groups is 2. The van der Waals surface area contributed by atoms with Crippen LogP contribution in [0.25, 0.3) is 0 Å². The van der Waals surface area contributed by atoms with Crippen molar-refractivity contribution in [3.05, 3.63) is 0 Å². The van der Waals surface area contributed by atoms with Crippen LogP contribution in [0.5, 0.6) is 0 Å². The lowest BCUT2D eigenvalue weighted by Crippen LogP contribution is -2.14. The van der Waals surface area contributed by atoms with Crippen LogP contribution in [0.2, 0.25) is 0 Å². The molecule has 294 valence electrons. The van der Waals surface area contributed by atoms with Crippen LogP contribution >= 0.6 is 0 Å². The summed E-state index contributed by atoms with van der Waals surface area (Å²) in [6.45, 7) is 8.68. The molecule has 0 saturated heterocycles. The van der Waals surface area contributed by atoms with Gasteiger partial charge in [0.15, 0.2) is 0 Å². The molecule has 0 bridgehead atoms. The van der Waals surface area contributed by atoms with Gasteiger partial charge in [0.2, 0.25) is 0 Å². The summed E-state index contributed by atoms with van der Waals surface area (Å²) in [5.74, 6) is -0.0127. The largest absolute Gasteiger partial charge is 0.463 e. The Morgan fingerprint density at radius 1 is 0.469 bits per heavy atom. The molecule has 0 radical (unpaired) electrons. The Morgan fingerprint density at radius 2 is 0.776 bits per heavy atom. The molecule has 49 heavy (non-hydrogen) atoms. The average Bonchev–Trinajstić information content (AvgIpc) is 3.09. The van der Waals surface area contributed by atoms with E-state index in [1.807, 2.05) is 6.92 Å². The van der Waals surface area contributed by atoms with E-state index in [0.717, 1.165) is 70.5 Å². The Kier molecular flexibility index (Phi) is 44.3. The number of ether oxygens (including phenoxy) is 1. The second-order valence-electron chi connectivity index (χ2n) is 15.1. The van der Waals surface area contributed by atoms with Crippen molar-refractivity contribution >= 4 is 12.3 Å². The van der Waals surface area contributed by atoms with Gasteiger partial charge in [-0.25, -0.2) is 0 Å². The highest BCUT2D eigenvalue weighted by molar-refractivity contribution is 5.69. The molecule has 0 rings (SSSR count). The number of aliphatic hydroxyl groups excluding tert-OH is 2. The van der Waals surface area contributed by atoms with E-state index in [2.05, 4.69) is 20.8 Å². The first-order chi connectivity index (χ1) is 23.9. The van der Waals surface area contributed by atoms with E-state index >= 15 is 0 Å². The predicted octanol–water partition coefficient (Wildman–Crippen LogP) is 13.5. The van der Waals surface area contributed by atoms with Gasteiger partial charge in [0.05, 0.1) is 18.3 Å². The molecule has 0 aromatic carbocycles.